The molecule has 6 nitrogen and oxygen atoms in total. The predicted octanol–water partition coefficient (Wildman–Crippen LogP) is 1.62. The van der Waals surface area contributed by atoms with E-state index in [9.17, 15) is 9.59 Å². The third-order valence-corrected chi connectivity index (χ3v) is 3.04. The van der Waals surface area contributed by atoms with E-state index in [1.165, 1.54) is 19.1 Å². The minimum absolute atomic E-state index is 0.0678. The molecule has 1 amide bonds. The van der Waals surface area contributed by atoms with Gasteiger partial charge in [-0.15, -0.1) is 0 Å². The number of halogens is 1. The number of nitrogens with two attached hydrogens (primary N) is 1. The normalized spacial score (nSPS) is 11.8. The fraction of sp³-hybridized carbons (Fsp3) is 0.429. The van der Waals surface area contributed by atoms with Crippen molar-refractivity contribution in [3.63, 3.8) is 0 Å². The van der Waals surface area contributed by atoms with Crippen LogP contribution in [0.3, 0.4) is 0 Å². The van der Waals surface area contributed by atoms with Crippen LogP contribution in [-0.4, -0.2) is 38.2 Å². The van der Waals surface area contributed by atoms with E-state index in [1.807, 2.05) is 0 Å². The predicted molar refractivity (Wildman–Crippen MR) is 80.2 cm³/mol. The number of esters is 1. The van der Waals surface area contributed by atoms with Gasteiger partial charge in [-0.05, 0) is 25.5 Å². The molecule has 1 aromatic carbocycles. The Hall–Kier alpha value is -1.79. The summed E-state index contributed by atoms with van der Waals surface area (Å²) < 4.78 is 9.94. The van der Waals surface area contributed by atoms with Gasteiger partial charge in [-0.2, -0.15) is 0 Å². The quantitative estimate of drug-likeness (QED) is 0.453. The van der Waals surface area contributed by atoms with Crippen molar-refractivity contribution in [1.82, 2.24) is 5.32 Å². The molecule has 0 aliphatic carbocycles. The fourth-order valence-electron chi connectivity index (χ4n) is 1.60. The van der Waals surface area contributed by atoms with E-state index in [-0.39, 0.29) is 22.2 Å². The number of carbonyl (C=O) groups is 2. The highest BCUT2D eigenvalue weighted by atomic mass is 35.5. The van der Waals surface area contributed by atoms with Gasteiger partial charge >= 0.3 is 5.97 Å². The van der Waals surface area contributed by atoms with Crippen molar-refractivity contribution in [3.05, 3.63) is 28.8 Å². The van der Waals surface area contributed by atoms with Crippen LogP contribution < -0.4 is 11.1 Å². The highest BCUT2D eigenvalue weighted by Gasteiger charge is 2.21. The molecule has 116 valence electrons. The third-order valence-electron chi connectivity index (χ3n) is 2.73. The molecular weight excluding hydrogens is 296 g/mol. The van der Waals surface area contributed by atoms with Crippen molar-refractivity contribution in [1.29, 1.82) is 0 Å². The number of rotatable bonds is 7. The van der Waals surface area contributed by atoms with Gasteiger partial charge in [0.1, 0.15) is 5.56 Å². The molecule has 0 heterocycles. The van der Waals surface area contributed by atoms with E-state index < -0.39 is 12.1 Å². The van der Waals surface area contributed by atoms with Gasteiger partial charge in [0.25, 0.3) is 5.91 Å². The molecule has 1 aromatic rings. The Morgan fingerprint density at radius 3 is 2.76 bits per heavy atom. The Balaban J connectivity index is 2.56. The molecule has 0 bridgehead atoms. The first-order chi connectivity index (χ1) is 9.97. The van der Waals surface area contributed by atoms with Crippen LogP contribution >= 0.6 is 11.6 Å². The Morgan fingerprint density at radius 1 is 1.43 bits per heavy atom. The molecule has 21 heavy (non-hydrogen) atoms. The summed E-state index contributed by atoms with van der Waals surface area (Å²) in [5.74, 6) is -1.11. The molecular formula is C14H19ClN2O4. The molecule has 0 radical (unpaired) electrons. The zero-order chi connectivity index (χ0) is 15.8. The molecule has 1 rings (SSSR count). The van der Waals surface area contributed by atoms with Gasteiger partial charge in [-0.1, -0.05) is 17.7 Å². The van der Waals surface area contributed by atoms with Crippen LogP contribution in [0.15, 0.2) is 18.2 Å². The highest BCUT2D eigenvalue weighted by Crippen LogP contribution is 2.23. The summed E-state index contributed by atoms with van der Waals surface area (Å²) in [7, 11) is 1.58. The number of anilines is 1. The number of amides is 1. The molecule has 0 aromatic heterocycles. The summed E-state index contributed by atoms with van der Waals surface area (Å²) in [6.45, 7) is 2.48. The molecule has 0 aliphatic rings. The average molecular weight is 315 g/mol. The lowest BCUT2D eigenvalue weighted by molar-refractivity contribution is -0.129. The zero-order valence-corrected chi connectivity index (χ0v) is 12.8. The van der Waals surface area contributed by atoms with E-state index in [1.54, 1.807) is 13.2 Å². The van der Waals surface area contributed by atoms with Crippen molar-refractivity contribution in [2.75, 3.05) is 26.0 Å². The lowest BCUT2D eigenvalue weighted by atomic mass is 10.2. The number of hydrogen-bond acceptors (Lipinski definition) is 5. The SMILES string of the molecule is COCCCNC(=O)C(C)OC(=O)c1c(N)cccc1Cl. The van der Waals surface area contributed by atoms with Crippen LogP contribution in [0, 0.1) is 0 Å². The maximum Gasteiger partial charge on any atom is 0.342 e. The van der Waals surface area contributed by atoms with Gasteiger partial charge in [-0.3, -0.25) is 4.79 Å². The van der Waals surface area contributed by atoms with Gasteiger partial charge in [0, 0.05) is 25.9 Å². The fourth-order valence-corrected chi connectivity index (χ4v) is 1.86. The lowest BCUT2D eigenvalue weighted by Crippen LogP contribution is -2.36. The zero-order valence-electron chi connectivity index (χ0n) is 12.0. The molecule has 0 fully saturated rings. The maximum absolute atomic E-state index is 12.0. The van der Waals surface area contributed by atoms with E-state index in [2.05, 4.69) is 5.32 Å². The smallest absolute Gasteiger partial charge is 0.342 e. The van der Waals surface area contributed by atoms with Crippen LogP contribution in [0.5, 0.6) is 0 Å². The summed E-state index contributed by atoms with van der Waals surface area (Å²) in [5.41, 5.74) is 5.96. The van der Waals surface area contributed by atoms with Gasteiger partial charge in [-0.25, -0.2) is 4.79 Å². The van der Waals surface area contributed by atoms with Crippen LogP contribution in [0.1, 0.15) is 23.7 Å². The van der Waals surface area contributed by atoms with Crippen LogP contribution in [0.2, 0.25) is 5.02 Å². The second-order valence-corrected chi connectivity index (χ2v) is 4.80. The van der Waals surface area contributed by atoms with E-state index in [4.69, 9.17) is 26.8 Å². The van der Waals surface area contributed by atoms with Crippen molar-refractivity contribution in [2.24, 2.45) is 0 Å². The number of benzene rings is 1. The Labute approximate surface area is 128 Å². The molecule has 0 saturated heterocycles. The number of methoxy groups -OCH3 is 1. The molecule has 1 unspecified atom stereocenters. The number of nitrogens with one attached hydrogen (secondary N) is 1. The van der Waals surface area contributed by atoms with E-state index in [0.717, 1.165) is 0 Å². The first-order valence-electron chi connectivity index (χ1n) is 6.49. The first kappa shape index (κ1) is 17.3. The van der Waals surface area contributed by atoms with Crippen LogP contribution in [0.25, 0.3) is 0 Å². The largest absolute Gasteiger partial charge is 0.449 e. The van der Waals surface area contributed by atoms with Gasteiger partial charge in [0.15, 0.2) is 6.10 Å². The monoisotopic (exact) mass is 314 g/mol. The molecule has 7 heteroatoms. The van der Waals surface area contributed by atoms with Gasteiger partial charge in [0.05, 0.1) is 5.02 Å². The Bertz CT molecular complexity index is 487. The summed E-state index contributed by atoms with van der Waals surface area (Å²) in [6, 6.07) is 4.70. The highest BCUT2D eigenvalue weighted by molar-refractivity contribution is 6.34. The summed E-state index contributed by atoms with van der Waals surface area (Å²) in [4.78, 5) is 23.7. The molecule has 3 N–H and O–H groups in total. The van der Waals surface area contributed by atoms with Crippen molar-refractivity contribution >= 4 is 29.2 Å². The van der Waals surface area contributed by atoms with Crippen LogP contribution in [-0.2, 0) is 14.3 Å². The average Bonchev–Trinajstić information content (AvgIpc) is 2.43. The third kappa shape index (κ3) is 5.24. The van der Waals surface area contributed by atoms with Gasteiger partial charge < -0.3 is 20.5 Å². The summed E-state index contributed by atoms with van der Waals surface area (Å²) in [5, 5.41) is 2.83. The Kier molecular flexibility index (Phi) is 6.98. The molecule has 0 aliphatic heterocycles. The minimum atomic E-state index is -0.935. The van der Waals surface area contributed by atoms with Gasteiger partial charge in [0.2, 0.25) is 0 Å². The van der Waals surface area contributed by atoms with E-state index >= 15 is 0 Å². The summed E-state index contributed by atoms with van der Waals surface area (Å²) >= 11 is 5.91. The van der Waals surface area contributed by atoms with Crippen LogP contribution in [0.4, 0.5) is 5.69 Å². The van der Waals surface area contributed by atoms with Crippen molar-refractivity contribution in [3.8, 4) is 0 Å². The second-order valence-electron chi connectivity index (χ2n) is 4.39. The van der Waals surface area contributed by atoms with E-state index in [0.29, 0.717) is 19.6 Å². The number of nitrogen functional groups attached to an aromatic ring is 1. The van der Waals surface area contributed by atoms with Crippen molar-refractivity contribution in [2.45, 2.75) is 19.4 Å². The lowest BCUT2D eigenvalue weighted by Gasteiger charge is -2.14. The maximum atomic E-state index is 12.0. The second kappa shape index (κ2) is 8.49. The first-order valence-corrected chi connectivity index (χ1v) is 6.86. The topological polar surface area (TPSA) is 90.6 Å². The summed E-state index contributed by atoms with van der Waals surface area (Å²) in [6.07, 6.45) is -0.254. The number of ether oxygens (including phenoxy) is 2. The molecule has 1 atom stereocenters. The number of hydrogen-bond donors (Lipinski definition) is 2. The minimum Gasteiger partial charge on any atom is -0.449 e. The standard InChI is InChI=1S/C14H19ClN2O4/c1-9(13(18)17-7-4-8-20-2)21-14(19)12-10(15)5-3-6-11(12)16/h3,5-6,9H,4,7-8,16H2,1-2H3,(H,17,18). The Morgan fingerprint density at radius 2 is 2.14 bits per heavy atom. The molecule has 0 saturated carbocycles. The number of carbonyl (C=O) groups excluding carboxylic acids is 2. The van der Waals surface area contributed by atoms with Crippen molar-refractivity contribution < 1.29 is 19.1 Å². The molecule has 0 spiro atoms.